The molecule has 0 heterocycles. The molecular formula is C11H22N2O2. The Labute approximate surface area is 91.8 Å². The van der Waals surface area contributed by atoms with E-state index in [0.717, 1.165) is 0 Å². The van der Waals surface area contributed by atoms with Gasteiger partial charge in [-0.25, -0.2) is 0 Å². The Balaban J connectivity index is 4.66. The van der Waals surface area contributed by atoms with Crippen LogP contribution in [0.5, 0.6) is 0 Å². The summed E-state index contributed by atoms with van der Waals surface area (Å²) in [5.41, 5.74) is 5.19. The minimum absolute atomic E-state index is 0.0525. The van der Waals surface area contributed by atoms with Gasteiger partial charge in [0.2, 0.25) is 5.91 Å². The summed E-state index contributed by atoms with van der Waals surface area (Å²) in [6.07, 6.45) is 2.84. The maximum absolute atomic E-state index is 12.0. The highest BCUT2D eigenvalue weighted by Crippen LogP contribution is 2.15. The second-order valence-electron chi connectivity index (χ2n) is 3.63. The molecular weight excluding hydrogens is 192 g/mol. The molecule has 0 radical (unpaired) electrons. The van der Waals surface area contributed by atoms with Gasteiger partial charge in [0.15, 0.2) is 0 Å². The van der Waals surface area contributed by atoms with Gasteiger partial charge in [0, 0.05) is 13.1 Å². The number of aliphatic hydroxyl groups excluding tert-OH is 1. The lowest BCUT2D eigenvalue weighted by Crippen LogP contribution is -2.55. The molecule has 4 heteroatoms. The van der Waals surface area contributed by atoms with Crippen molar-refractivity contribution in [2.75, 3.05) is 19.7 Å². The fraction of sp³-hybridized carbons (Fsp3) is 0.727. The smallest absolute Gasteiger partial charge is 0.242 e. The first kappa shape index (κ1) is 14.1. The zero-order valence-corrected chi connectivity index (χ0v) is 9.70. The molecule has 15 heavy (non-hydrogen) atoms. The van der Waals surface area contributed by atoms with Crippen molar-refractivity contribution in [3.05, 3.63) is 12.7 Å². The average Bonchev–Trinajstić information content (AvgIpc) is 2.26. The van der Waals surface area contributed by atoms with E-state index >= 15 is 0 Å². The fourth-order valence-corrected chi connectivity index (χ4v) is 1.42. The van der Waals surface area contributed by atoms with Gasteiger partial charge < -0.3 is 15.7 Å². The van der Waals surface area contributed by atoms with Crippen LogP contribution < -0.4 is 5.73 Å². The van der Waals surface area contributed by atoms with E-state index in [2.05, 4.69) is 6.58 Å². The first-order valence-electron chi connectivity index (χ1n) is 5.35. The van der Waals surface area contributed by atoms with Crippen LogP contribution >= 0.6 is 0 Å². The van der Waals surface area contributed by atoms with Crippen LogP contribution in [0.15, 0.2) is 12.7 Å². The van der Waals surface area contributed by atoms with Gasteiger partial charge in [-0.15, -0.1) is 6.58 Å². The molecule has 0 fully saturated rings. The molecule has 0 saturated heterocycles. The summed E-state index contributed by atoms with van der Waals surface area (Å²) in [6, 6.07) is 0. The van der Waals surface area contributed by atoms with Crippen LogP contribution in [0.2, 0.25) is 0 Å². The van der Waals surface area contributed by atoms with Crippen molar-refractivity contribution in [2.24, 2.45) is 5.73 Å². The molecule has 4 nitrogen and oxygen atoms in total. The Kier molecular flexibility index (Phi) is 6.20. The molecule has 0 spiro atoms. The summed E-state index contributed by atoms with van der Waals surface area (Å²) in [4.78, 5) is 13.6. The van der Waals surface area contributed by atoms with Crippen LogP contribution in [0.4, 0.5) is 0 Å². The Morgan fingerprint density at radius 1 is 1.53 bits per heavy atom. The van der Waals surface area contributed by atoms with E-state index in [-0.39, 0.29) is 12.5 Å². The van der Waals surface area contributed by atoms with Gasteiger partial charge in [-0.1, -0.05) is 19.9 Å². The van der Waals surface area contributed by atoms with Crippen molar-refractivity contribution >= 4 is 5.91 Å². The average molecular weight is 214 g/mol. The van der Waals surface area contributed by atoms with Gasteiger partial charge in [0.1, 0.15) is 0 Å². The quantitative estimate of drug-likeness (QED) is 0.607. The lowest BCUT2D eigenvalue weighted by atomic mass is 9.92. The first-order valence-corrected chi connectivity index (χ1v) is 5.35. The van der Waals surface area contributed by atoms with E-state index in [1.807, 2.05) is 13.8 Å². The topological polar surface area (TPSA) is 66.6 Å². The van der Waals surface area contributed by atoms with Crippen LogP contribution in [-0.2, 0) is 4.79 Å². The maximum Gasteiger partial charge on any atom is 0.242 e. The predicted octanol–water partition coefficient (Wildman–Crippen LogP) is 0.511. The molecule has 0 saturated carbocycles. The van der Waals surface area contributed by atoms with Gasteiger partial charge in [0.05, 0.1) is 12.1 Å². The highest BCUT2D eigenvalue weighted by Gasteiger charge is 2.33. The minimum atomic E-state index is -0.807. The predicted molar refractivity (Wildman–Crippen MR) is 61.4 cm³/mol. The Hall–Kier alpha value is -0.870. The Bertz CT molecular complexity index is 213. The number of rotatable bonds is 7. The lowest BCUT2D eigenvalue weighted by Gasteiger charge is -2.32. The van der Waals surface area contributed by atoms with E-state index < -0.39 is 5.54 Å². The molecule has 3 N–H and O–H groups in total. The van der Waals surface area contributed by atoms with Gasteiger partial charge in [-0.3, -0.25) is 4.79 Å². The monoisotopic (exact) mass is 214 g/mol. The standard InChI is InChI=1S/C11H22N2O2/c1-4-7-13(8-9-14)10(15)11(12,5-2)6-3/h4,14H,1,5-9,12H2,2-3H3. The van der Waals surface area contributed by atoms with E-state index in [9.17, 15) is 4.79 Å². The molecule has 1 amide bonds. The molecule has 0 atom stereocenters. The van der Waals surface area contributed by atoms with Crippen molar-refractivity contribution in [1.29, 1.82) is 0 Å². The number of nitrogens with two attached hydrogens (primary N) is 1. The summed E-state index contributed by atoms with van der Waals surface area (Å²) in [6.45, 7) is 8.06. The van der Waals surface area contributed by atoms with E-state index in [4.69, 9.17) is 10.8 Å². The highest BCUT2D eigenvalue weighted by molar-refractivity contribution is 5.86. The molecule has 88 valence electrons. The van der Waals surface area contributed by atoms with Crippen LogP contribution in [-0.4, -0.2) is 41.1 Å². The number of hydrogen-bond donors (Lipinski definition) is 2. The zero-order valence-electron chi connectivity index (χ0n) is 9.70. The van der Waals surface area contributed by atoms with Gasteiger partial charge in [0.25, 0.3) is 0 Å². The number of aliphatic hydroxyl groups is 1. The fourth-order valence-electron chi connectivity index (χ4n) is 1.42. The molecule has 0 aliphatic heterocycles. The number of amides is 1. The molecule has 0 bridgehead atoms. The minimum Gasteiger partial charge on any atom is -0.395 e. The van der Waals surface area contributed by atoms with E-state index in [1.165, 1.54) is 0 Å². The summed E-state index contributed by atoms with van der Waals surface area (Å²) < 4.78 is 0. The molecule has 0 unspecified atom stereocenters. The van der Waals surface area contributed by atoms with E-state index in [1.54, 1.807) is 11.0 Å². The third-order valence-corrected chi connectivity index (χ3v) is 2.69. The second-order valence-corrected chi connectivity index (χ2v) is 3.63. The molecule has 0 aromatic carbocycles. The van der Waals surface area contributed by atoms with Crippen molar-refractivity contribution in [2.45, 2.75) is 32.2 Å². The zero-order chi connectivity index (χ0) is 11.9. The summed E-state index contributed by atoms with van der Waals surface area (Å²) in [5, 5.41) is 8.85. The molecule has 0 aliphatic carbocycles. The van der Waals surface area contributed by atoms with Gasteiger partial charge >= 0.3 is 0 Å². The van der Waals surface area contributed by atoms with Crippen molar-refractivity contribution in [1.82, 2.24) is 4.90 Å². The molecule has 0 aromatic heterocycles. The second kappa shape index (κ2) is 6.58. The third kappa shape index (κ3) is 3.64. The normalized spacial score (nSPS) is 11.2. The third-order valence-electron chi connectivity index (χ3n) is 2.69. The largest absolute Gasteiger partial charge is 0.395 e. The lowest BCUT2D eigenvalue weighted by molar-refractivity contribution is -0.137. The van der Waals surface area contributed by atoms with Crippen LogP contribution in [0.1, 0.15) is 26.7 Å². The van der Waals surface area contributed by atoms with Crippen LogP contribution in [0.3, 0.4) is 0 Å². The maximum atomic E-state index is 12.0. The van der Waals surface area contributed by atoms with E-state index in [0.29, 0.717) is 25.9 Å². The van der Waals surface area contributed by atoms with Gasteiger partial charge in [-0.05, 0) is 12.8 Å². The number of hydrogen-bond acceptors (Lipinski definition) is 3. The Morgan fingerprint density at radius 3 is 2.40 bits per heavy atom. The van der Waals surface area contributed by atoms with Crippen LogP contribution in [0.25, 0.3) is 0 Å². The van der Waals surface area contributed by atoms with Crippen LogP contribution in [0, 0.1) is 0 Å². The number of carbonyl (C=O) groups is 1. The van der Waals surface area contributed by atoms with Gasteiger partial charge in [-0.2, -0.15) is 0 Å². The number of nitrogens with zero attached hydrogens (tertiary/aromatic N) is 1. The summed E-state index contributed by atoms with van der Waals surface area (Å²) >= 11 is 0. The SMILES string of the molecule is C=CCN(CCO)C(=O)C(N)(CC)CC. The van der Waals surface area contributed by atoms with Crippen molar-refractivity contribution in [3.8, 4) is 0 Å². The summed E-state index contributed by atoms with van der Waals surface area (Å²) in [7, 11) is 0. The van der Waals surface area contributed by atoms with Crippen molar-refractivity contribution < 1.29 is 9.90 Å². The molecule has 0 rings (SSSR count). The number of carbonyl (C=O) groups excluding carboxylic acids is 1. The first-order chi connectivity index (χ1) is 7.05. The summed E-state index contributed by atoms with van der Waals surface area (Å²) in [5.74, 6) is -0.110. The molecule has 0 aliphatic rings. The molecule has 0 aromatic rings. The van der Waals surface area contributed by atoms with Crippen molar-refractivity contribution in [3.63, 3.8) is 0 Å². The Morgan fingerprint density at radius 2 is 2.07 bits per heavy atom. The highest BCUT2D eigenvalue weighted by atomic mass is 16.3.